The highest BCUT2D eigenvalue weighted by Crippen LogP contribution is 2.48. The molecule has 0 spiro atoms. The maximum Gasteiger partial charge on any atom is 0.248 e. The Hall–Kier alpha value is -2.82. The van der Waals surface area contributed by atoms with Crippen molar-refractivity contribution in [2.24, 2.45) is 5.92 Å². The molecule has 1 N–H and O–H groups in total. The van der Waals surface area contributed by atoms with Crippen molar-refractivity contribution in [1.29, 1.82) is 5.26 Å². The number of fused-ring (bicyclic) bond motifs is 1. The quantitative estimate of drug-likeness (QED) is 0.796. The third-order valence-corrected chi connectivity index (χ3v) is 4.53. The van der Waals surface area contributed by atoms with Crippen molar-refractivity contribution in [3.8, 4) is 17.3 Å². The average Bonchev–Trinajstić information content (AvgIpc) is 3.18. The molecule has 3 aromatic rings. The number of rotatable bonds is 4. The van der Waals surface area contributed by atoms with Crippen molar-refractivity contribution in [2.45, 2.75) is 31.2 Å². The van der Waals surface area contributed by atoms with Gasteiger partial charge in [0, 0.05) is 36.2 Å². The van der Waals surface area contributed by atoms with Crippen molar-refractivity contribution < 1.29 is 8.78 Å². The van der Waals surface area contributed by atoms with Gasteiger partial charge in [-0.15, -0.1) is 0 Å². The van der Waals surface area contributed by atoms with Gasteiger partial charge in [0.15, 0.2) is 0 Å². The summed E-state index contributed by atoms with van der Waals surface area (Å²) in [4.78, 5) is 11.5. The summed E-state index contributed by atoms with van der Waals surface area (Å²) in [6.45, 7) is 0. The van der Waals surface area contributed by atoms with E-state index in [2.05, 4.69) is 26.1 Å². The van der Waals surface area contributed by atoms with Gasteiger partial charge in [-0.3, -0.25) is 4.68 Å². The van der Waals surface area contributed by atoms with Gasteiger partial charge in [0.1, 0.15) is 12.0 Å². The Morgan fingerprint density at radius 2 is 2.25 bits per heavy atom. The Bertz CT molecular complexity index is 914. The molecule has 0 aliphatic heterocycles. The van der Waals surface area contributed by atoms with Crippen LogP contribution in [0.3, 0.4) is 0 Å². The number of nitriles is 1. The smallest absolute Gasteiger partial charge is 0.248 e. The molecule has 3 aromatic heterocycles. The summed E-state index contributed by atoms with van der Waals surface area (Å²) in [5, 5.41) is 14.2. The first kappa shape index (κ1) is 14.8. The van der Waals surface area contributed by atoms with Crippen LogP contribution in [0.25, 0.3) is 22.3 Å². The van der Waals surface area contributed by atoms with Gasteiger partial charge in [-0.25, -0.2) is 18.7 Å². The fourth-order valence-electron chi connectivity index (χ4n) is 3.29. The average molecular weight is 328 g/mol. The standard InChI is InChI=1S/C16H14F2N6/c17-16(18)5-10(6-16)13(1-3-19)24-8-11(7-23-24)14-12-2-4-20-15(12)22-9-21-14/h2,4,7-10,13H,1,5-6H2,(H,20,21,22). The molecule has 0 aromatic carbocycles. The van der Waals surface area contributed by atoms with Crippen molar-refractivity contribution in [1.82, 2.24) is 24.7 Å². The van der Waals surface area contributed by atoms with E-state index in [1.54, 1.807) is 23.3 Å². The minimum Gasteiger partial charge on any atom is -0.346 e. The number of aromatic nitrogens is 5. The topological polar surface area (TPSA) is 83.2 Å². The molecule has 122 valence electrons. The Labute approximate surface area is 136 Å². The number of nitrogens with zero attached hydrogens (tertiary/aromatic N) is 5. The summed E-state index contributed by atoms with van der Waals surface area (Å²) in [7, 11) is 0. The molecule has 8 heteroatoms. The molecule has 0 radical (unpaired) electrons. The van der Waals surface area contributed by atoms with Gasteiger partial charge in [0.25, 0.3) is 0 Å². The van der Waals surface area contributed by atoms with Gasteiger partial charge >= 0.3 is 0 Å². The van der Waals surface area contributed by atoms with E-state index in [1.165, 1.54) is 6.33 Å². The highest BCUT2D eigenvalue weighted by Gasteiger charge is 2.49. The van der Waals surface area contributed by atoms with E-state index < -0.39 is 5.92 Å². The predicted octanol–water partition coefficient (Wildman–Crippen LogP) is 3.32. The molecule has 1 aliphatic carbocycles. The fraction of sp³-hybridized carbons (Fsp3) is 0.375. The number of aromatic amines is 1. The van der Waals surface area contributed by atoms with E-state index >= 15 is 0 Å². The second-order valence-corrected chi connectivity index (χ2v) is 6.13. The molecule has 24 heavy (non-hydrogen) atoms. The number of alkyl halides is 2. The zero-order valence-corrected chi connectivity index (χ0v) is 12.7. The Morgan fingerprint density at radius 1 is 1.42 bits per heavy atom. The first-order valence-electron chi connectivity index (χ1n) is 7.65. The van der Waals surface area contributed by atoms with Gasteiger partial charge in [0.2, 0.25) is 5.92 Å². The van der Waals surface area contributed by atoms with Gasteiger partial charge in [0.05, 0.1) is 30.4 Å². The first-order valence-corrected chi connectivity index (χ1v) is 7.65. The van der Waals surface area contributed by atoms with Crippen molar-refractivity contribution in [3.63, 3.8) is 0 Å². The summed E-state index contributed by atoms with van der Waals surface area (Å²) in [6.07, 6.45) is 6.44. The van der Waals surface area contributed by atoms with E-state index in [0.29, 0.717) is 0 Å². The molecular weight excluding hydrogens is 314 g/mol. The monoisotopic (exact) mass is 328 g/mol. The number of H-pyrrole nitrogens is 1. The van der Waals surface area contributed by atoms with E-state index in [-0.39, 0.29) is 31.2 Å². The number of nitrogens with one attached hydrogen (secondary N) is 1. The van der Waals surface area contributed by atoms with Crippen LogP contribution in [0.4, 0.5) is 8.78 Å². The van der Waals surface area contributed by atoms with Crippen LogP contribution < -0.4 is 0 Å². The summed E-state index contributed by atoms with van der Waals surface area (Å²) in [5.41, 5.74) is 2.22. The lowest BCUT2D eigenvalue weighted by Crippen LogP contribution is -2.40. The Morgan fingerprint density at radius 3 is 3.00 bits per heavy atom. The molecule has 0 amide bonds. The van der Waals surface area contributed by atoms with E-state index in [4.69, 9.17) is 5.26 Å². The van der Waals surface area contributed by atoms with Crippen LogP contribution in [0.1, 0.15) is 25.3 Å². The molecule has 1 unspecified atom stereocenters. The van der Waals surface area contributed by atoms with Crippen molar-refractivity contribution in [3.05, 3.63) is 31.0 Å². The van der Waals surface area contributed by atoms with E-state index in [9.17, 15) is 8.78 Å². The van der Waals surface area contributed by atoms with Crippen LogP contribution in [0.5, 0.6) is 0 Å². The summed E-state index contributed by atoms with van der Waals surface area (Å²) < 4.78 is 28.0. The lowest BCUT2D eigenvalue weighted by molar-refractivity contribution is -0.124. The zero-order valence-electron chi connectivity index (χ0n) is 12.7. The fourth-order valence-corrected chi connectivity index (χ4v) is 3.29. The first-order chi connectivity index (χ1) is 11.6. The molecule has 0 bridgehead atoms. The number of halogens is 2. The molecule has 4 rings (SSSR count). The van der Waals surface area contributed by atoms with Crippen LogP contribution in [-0.2, 0) is 0 Å². The lowest BCUT2D eigenvalue weighted by atomic mass is 9.75. The normalized spacial score (nSPS) is 18.2. The van der Waals surface area contributed by atoms with Crippen LogP contribution in [0, 0.1) is 17.2 Å². The van der Waals surface area contributed by atoms with Crippen LogP contribution in [0.15, 0.2) is 31.0 Å². The van der Waals surface area contributed by atoms with Crippen molar-refractivity contribution in [2.75, 3.05) is 0 Å². The van der Waals surface area contributed by atoms with Crippen LogP contribution in [0.2, 0.25) is 0 Å². The highest BCUT2D eigenvalue weighted by molar-refractivity contribution is 5.89. The van der Waals surface area contributed by atoms with Gasteiger partial charge in [-0.2, -0.15) is 10.4 Å². The molecule has 1 aliphatic rings. The minimum atomic E-state index is -2.61. The third kappa shape index (κ3) is 2.42. The van der Waals surface area contributed by atoms with Gasteiger partial charge in [-0.1, -0.05) is 0 Å². The maximum absolute atomic E-state index is 13.2. The highest BCUT2D eigenvalue weighted by atomic mass is 19.3. The number of hydrogen-bond donors (Lipinski definition) is 1. The van der Waals surface area contributed by atoms with Gasteiger partial charge < -0.3 is 4.98 Å². The van der Waals surface area contributed by atoms with E-state index in [1.807, 2.05) is 6.07 Å². The third-order valence-electron chi connectivity index (χ3n) is 4.53. The summed E-state index contributed by atoms with van der Waals surface area (Å²) in [6, 6.07) is 3.62. The molecule has 1 saturated carbocycles. The second-order valence-electron chi connectivity index (χ2n) is 6.13. The molecule has 3 heterocycles. The molecule has 0 saturated heterocycles. The second kappa shape index (κ2) is 5.37. The zero-order chi connectivity index (χ0) is 16.7. The summed E-state index contributed by atoms with van der Waals surface area (Å²) in [5.74, 6) is -2.84. The molecule has 6 nitrogen and oxygen atoms in total. The Kier molecular flexibility index (Phi) is 3.30. The lowest BCUT2D eigenvalue weighted by Gasteiger charge is -2.39. The van der Waals surface area contributed by atoms with Crippen molar-refractivity contribution >= 4 is 11.0 Å². The minimum absolute atomic E-state index is 0.158. The number of hydrogen-bond acceptors (Lipinski definition) is 4. The van der Waals surface area contributed by atoms with Gasteiger partial charge in [-0.05, 0) is 12.0 Å². The Balaban J connectivity index is 1.66. The summed E-state index contributed by atoms with van der Waals surface area (Å²) >= 11 is 0. The predicted molar refractivity (Wildman–Crippen MR) is 82.0 cm³/mol. The molecule has 1 fully saturated rings. The van der Waals surface area contributed by atoms with Crippen LogP contribution in [-0.4, -0.2) is 30.7 Å². The molecule has 1 atom stereocenters. The van der Waals surface area contributed by atoms with E-state index in [0.717, 1.165) is 22.3 Å². The largest absolute Gasteiger partial charge is 0.346 e. The SMILES string of the molecule is N#CCC(C1CC(F)(F)C1)n1cc(-c2ncnc3[nH]ccc23)cn1. The maximum atomic E-state index is 13.2. The van der Waals surface area contributed by atoms with Crippen LogP contribution >= 0.6 is 0 Å². The molecular formula is C16H14F2N6.